The lowest BCUT2D eigenvalue weighted by molar-refractivity contribution is 0.0729. The third-order valence-corrected chi connectivity index (χ3v) is 6.96. The van der Waals surface area contributed by atoms with Gasteiger partial charge in [-0.25, -0.2) is 14.4 Å². The molecule has 2 fully saturated rings. The number of rotatable bonds is 7. The molecular weight excluding hydrogens is 463 g/mol. The molecule has 1 N–H and O–H groups in total. The van der Waals surface area contributed by atoms with Crippen molar-refractivity contribution in [3.63, 3.8) is 0 Å². The molecule has 2 aliphatic carbocycles. The van der Waals surface area contributed by atoms with E-state index in [2.05, 4.69) is 21.4 Å². The van der Waals surface area contributed by atoms with Crippen molar-refractivity contribution >= 4 is 34.2 Å². The number of carbonyl (C=O) groups excluding carboxylic acids is 1. The van der Waals surface area contributed by atoms with Crippen LogP contribution in [-0.4, -0.2) is 32.9 Å². The van der Waals surface area contributed by atoms with Crippen LogP contribution in [0.2, 0.25) is 5.02 Å². The molecule has 0 aliphatic heterocycles. The summed E-state index contributed by atoms with van der Waals surface area (Å²) in [7, 11) is 0. The predicted octanol–water partition coefficient (Wildman–Crippen LogP) is 6.47. The van der Waals surface area contributed by atoms with E-state index in [1.807, 2.05) is 35.2 Å². The molecule has 7 heteroatoms. The van der Waals surface area contributed by atoms with Gasteiger partial charge in [0, 0.05) is 34.6 Å². The Balaban J connectivity index is 1.32. The predicted molar refractivity (Wildman–Crippen MR) is 136 cm³/mol. The maximum absolute atomic E-state index is 13.7. The van der Waals surface area contributed by atoms with Crippen molar-refractivity contribution in [3.05, 3.63) is 89.0 Å². The van der Waals surface area contributed by atoms with Crippen LogP contribution in [0.15, 0.2) is 67.0 Å². The molecule has 1 aromatic heterocycles. The van der Waals surface area contributed by atoms with Crippen LogP contribution in [0, 0.1) is 5.82 Å². The summed E-state index contributed by atoms with van der Waals surface area (Å²) < 4.78 is 13.7. The van der Waals surface area contributed by atoms with Gasteiger partial charge in [-0.05, 0) is 84.8 Å². The van der Waals surface area contributed by atoms with Crippen LogP contribution in [-0.2, 0) is 6.54 Å². The van der Waals surface area contributed by atoms with E-state index in [-0.39, 0.29) is 11.9 Å². The Morgan fingerprint density at radius 1 is 1.00 bits per heavy atom. The normalized spacial score (nSPS) is 15.3. The maximum atomic E-state index is 13.7. The van der Waals surface area contributed by atoms with Gasteiger partial charge in [0.15, 0.2) is 0 Å². The van der Waals surface area contributed by atoms with Crippen LogP contribution < -0.4 is 5.32 Å². The lowest BCUT2D eigenvalue weighted by atomic mass is 10.0. The Morgan fingerprint density at radius 2 is 1.80 bits per heavy atom. The van der Waals surface area contributed by atoms with E-state index in [9.17, 15) is 9.18 Å². The van der Waals surface area contributed by atoms with E-state index < -0.39 is 5.82 Å². The second-order valence-corrected chi connectivity index (χ2v) is 9.76. The highest BCUT2D eigenvalue weighted by Crippen LogP contribution is 2.34. The molecule has 1 amide bonds. The first-order chi connectivity index (χ1) is 17.0. The van der Waals surface area contributed by atoms with Gasteiger partial charge < -0.3 is 10.2 Å². The minimum atomic E-state index is -0.414. The van der Waals surface area contributed by atoms with E-state index in [1.165, 1.54) is 12.1 Å². The third-order valence-electron chi connectivity index (χ3n) is 6.59. The van der Waals surface area contributed by atoms with Gasteiger partial charge in [-0.15, -0.1) is 0 Å². The molecule has 6 rings (SSSR count). The van der Waals surface area contributed by atoms with Crippen LogP contribution >= 0.6 is 11.6 Å². The van der Waals surface area contributed by atoms with Gasteiger partial charge in [0.05, 0.1) is 5.52 Å². The highest BCUT2D eigenvalue weighted by atomic mass is 35.5. The number of nitrogens with one attached hydrogen (secondary N) is 1. The van der Waals surface area contributed by atoms with E-state index >= 15 is 0 Å². The summed E-state index contributed by atoms with van der Waals surface area (Å²) in [6, 6.07) is 18.5. The highest BCUT2D eigenvalue weighted by molar-refractivity contribution is 6.31. The lowest BCUT2D eigenvalue weighted by Crippen LogP contribution is -2.32. The zero-order chi connectivity index (χ0) is 23.9. The average molecular weight is 487 g/mol. The minimum absolute atomic E-state index is 0.152. The summed E-state index contributed by atoms with van der Waals surface area (Å²) in [6.45, 7) is 0.373. The average Bonchev–Trinajstić information content (AvgIpc) is 3.79. The van der Waals surface area contributed by atoms with Crippen molar-refractivity contribution in [3.8, 4) is 11.1 Å². The van der Waals surface area contributed by atoms with Gasteiger partial charge in [0.25, 0.3) is 5.91 Å². The number of carbonyl (C=O) groups is 1. The van der Waals surface area contributed by atoms with Crippen molar-refractivity contribution in [1.82, 2.24) is 14.9 Å². The summed E-state index contributed by atoms with van der Waals surface area (Å²) in [5.41, 5.74) is 4.14. The first-order valence-corrected chi connectivity index (χ1v) is 12.3. The van der Waals surface area contributed by atoms with E-state index in [1.54, 1.807) is 18.5 Å². The SMILES string of the molecule is O=C(c1cccc(F)c1)N(Cc1cc(-c2ccc3ncnc(NC4CC4)c3c2)ccc1Cl)C1CC1. The fourth-order valence-corrected chi connectivity index (χ4v) is 4.55. The highest BCUT2D eigenvalue weighted by Gasteiger charge is 2.33. The second kappa shape index (κ2) is 8.93. The van der Waals surface area contributed by atoms with E-state index in [4.69, 9.17) is 11.6 Å². The van der Waals surface area contributed by atoms with Gasteiger partial charge in [0.1, 0.15) is 18.0 Å². The number of aromatic nitrogens is 2. The fraction of sp³-hybridized carbons (Fsp3) is 0.250. The molecule has 0 unspecified atom stereocenters. The van der Waals surface area contributed by atoms with Crippen molar-refractivity contribution in [2.24, 2.45) is 0 Å². The monoisotopic (exact) mass is 486 g/mol. The molecule has 0 bridgehead atoms. The number of nitrogens with zero attached hydrogens (tertiary/aromatic N) is 3. The van der Waals surface area contributed by atoms with Gasteiger partial charge >= 0.3 is 0 Å². The molecule has 1 heterocycles. The number of hydrogen-bond donors (Lipinski definition) is 1. The molecule has 176 valence electrons. The zero-order valence-electron chi connectivity index (χ0n) is 19.0. The summed E-state index contributed by atoms with van der Waals surface area (Å²) in [5, 5.41) is 5.08. The van der Waals surface area contributed by atoms with Crippen molar-refractivity contribution in [1.29, 1.82) is 0 Å². The molecule has 0 atom stereocenters. The van der Waals surface area contributed by atoms with Crippen molar-refractivity contribution in [2.45, 2.75) is 44.3 Å². The lowest BCUT2D eigenvalue weighted by Gasteiger charge is -2.24. The quantitative estimate of drug-likeness (QED) is 0.325. The smallest absolute Gasteiger partial charge is 0.254 e. The molecule has 0 radical (unpaired) electrons. The van der Waals surface area contributed by atoms with Gasteiger partial charge in [-0.2, -0.15) is 0 Å². The maximum Gasteiger partial charge on any atom is 0.254 e. The molecule has 2 saturated carbocycles. The molecule has 3 aromatic carbocycles. The number of anilines is 1. The molecule has 35 heavy (non-hydrogen) atoms. The van der Waals surface area contributed by atoms with Crippen molar-refractivity contribution < 1.29 is 9.18 Å². The number of hydrogen-bond acceptors (Lipinski definition) is 4. The van der Waals surface area contributed by atoms with Crippen LogP contribution in [0.4, 0.5) is 10.2 Å². The standard InChI is InChI=1S/C28H24ClFN4O/c29-25-10-4-17(18-5-11-26-24(14-18)27(32-16-31-26)33-22-6-7-22)12-20(25)15-34(23-8-9-23)28(35)19-2-1-3-21(30)13-19/h1-5,10-14,16,22-23H,6-9,15H2,(H,31,32,33). The summed E-state index contributed by atoms with van der Waals surface area (Å²) in [6.07, 6.45) is 5.81. The fourth-order valence-electron chi connectivity index (χ4n) is 4.37. The zero-order valence-corrected chi connectivity index (χ0v) is 19.8. The Bertz CT molecular complexity index is 1430. The molecule has 0 spiro atoms. The van der Waals surface area contributed by atoms with Gasteiger partial charge in [-0.1, -0.05) is 29.8 Å². The molecule has 5 nitrogen and oxygen atoms in total. The summed E-state index contributed by atoms with van der Waals surface area (Å²) in [5.74, 6) is 0.267. The summed E-state index contributed by atoms with van der Waals surface area (Å²) in [4.78, 5) is 23.9. The Labute approximate surface area is 208 Å². The van der Waals surface area contributed by atoms with E-state index in [0.29, 0.717) is 23.2 Å². The topological polar surface area (TPSA) is 58.1 Å². The number of fused-ring (bicyclic) bond motifs is 1. The molecule has 4 aromatic rings. The number of halogens is 2. The number of amides is 1. The number of benzene rings is 3. The van der Waals surface area contributed by atoms with Gasteiger partial charge in [-0.3, -0.25) is 4.79 Å². The van der Waals surface area contributed by atoms with Gasteiger partial charge in [0.2, 0.25) is 0 Å². The minimum Gasteiger partial charge on any atom is -0.367 e. The van der Waals surface area contributed by atoms with Crippen LogP contribution in [0.5, 0.6) is 0 Å². The Morgan fingerprint density at radius 3 is 2.57 bits per heavy atom. The molecular formula is C28H24ClFN4O. The van der Waals surface area contributed by atoms with Crippen LogP contribution in [0.1, 0.15) is 41.6 Å². The van der Waals surface area contributed by atoms with Crippen molar-refractivity contribution in [2.75, 3.05) is 5.32 Å². The van der Waals surface area contributed by atoms with E-state index in [0.717, 1.165) is 59.1 Å². The van der Waals surface area contributed by atoms with Crippen LogP contribution in [0.3, 0.4) is 0 Å². The third kappa shape index (κ3) is 4.71. The molecule has 0 saturated heterocycles. The Kier molecular flexibility index (Phi) is 5.61. The summed E-state index contributed by atoms with van der Waals surface area (Å²) >= 11 is 6.59. The van der Waals surface area contributed by atoms with Crippen LogP contribution in [0.25, 0.3) is 22.0 Å². The first kappa shape index (κ1) is 22.0. The second-order valence-electron chi connectivity index (χ2n) is 9.35. The Hall–Kier alpha value is -3.51. The first-order valence-electron chi connectivity index (χ1n) is 11.9. The largest absolute Gasteiger partial charge is 0.367 e. The molecule has 2 aliphatic rings.